The van der Waals surface area contributed by atoms with Crippen LogP contribution in [0.25, 0.3) is 0 Å². The van der Waals surface area contributed by atoms with E-state index < -0.39 is 5.54 Å². The van der Waals surface area contributed by atoms with Gasteiger partial charge in [0.2, 0.25) is 5.91 Å². The summed E-state index contributed by atoms with van der Waals surface area (Å²) in [5.41, 5.74) is 9.29. The minimum atomic E-state index is -0.549. The van der Waals surface area contributed by atoms with Gasteiger partial charge in [0.15, 0.2) is 11.5 Å². The van der Waals surface area contributed by atoms with E-state index in [-0.39, 0.29) is 11.7 Å². The van der Waals surface area contributed by atoms with Crippen LogP contribution in [0.3, 0.4) is 0 Å². The lowest BCUT2D eigenvalue weighted by atomic mass is 9.89. The summed E-state index contributed by atoms with van der Waals surface area (Å²) in [6.07, 6.45) is 2.29. The van der Waals surface area contributed by atoms with Gasteiger partial charge in [-0.3, -0.25) is 14.6 Å². The highest BCUT2D eigenvalue weighted by molar-refractivity contribution is 8.13. The Hall–Kier alpha value is -2.42. The zero-order valence-corrected chi connectivity index (χ0v) is 15.5. The number of amidine groups is 1. The monoisotopic (exact) mass is 379 g/mol. The molecule has 1 unspecified atom stereocenters. The highest BCUT2D eigenvalue weighted by atomic mass is 32.2. The number of nitrogens with one attached hydrogen (secondary N) is 2. The number of thioether (sulfide) groups is 1. The normalized spacial score (nSPS) is 22.2. The number of carbonyl (C=O) groups excluding carboxylic acids is 2. The Kier molecular flexibility index (Phi) is 6.73. The zero-order valence-electron chi connectivity index (χ0n) is 14.7. The number of hydrazone groups is 1. The highest BCUT2D eigenvalue weighted by Crippen LogP contribution is 2.37. The van der Waals surface area contributed by atoms with Crippen LogP contribution in [0.5, 0.6) is 0 Å². The van der Waals surface area contributed by atoms with E-state index in [2.05, 4.69) is 20.8 Å². The first kappa shape index (κ1) is 19.9. The lowest BCUT2D eigenvalue weighted by Gasteiger charge is -2.30. The van der Waals surface area contributed by atoms with E-state index in [9.17, 15) is 14.0 Å². The third-order valence-electron chi connectivity index (χ3n) is 4.10. The standard InChI is InChI=1S/C12H16FN3S.C5H6N2O2/c1-12(5-6-17-11(14)16-12)9-7-8(15-2)3-4-10(9)13;8-3-4-1-2-5(9)7-6-4/h3-4,7,15H,5-6H2,1-2H3,(H2,14,16);3H,1-2H2,(H,7,9). The maximum Gasteiger partial charge on any atom is 0.240 e. The number of hydrogen-bond acceptors (Lipinski definition) is 7. The third kappa shape index (κ3) is 5.04. The number of aliphatic imine (C=N–C) groups is 1. The Morgan fingerprint density at radius 1 is 1.42 bits per heavy atom. The van der Waals surface area contributed by atoms with Gasteiger partial charge in [0.1, 0.15) is 11.5 Å². The molecule has 9 heteroatoms. The SMILES string of the molecule is CNc1ccc(F)c(C2(C)CCSC(N)=N2)c1.O=CC1=NNC(=O)CC1. The van der Waals surface area contributed by atoms with Crippen LogP contribution in [0.2, 0.25) is 0 Å². The van der Waals surface area contributed by atoms with Gasteiger partial charge < -0.3 is 11.1 Å². The van der Waals surface area contributed by atoms with Crippen LogP contribution in [0.15, 0.2) is 28.3 Å². The molecule has 0 spiro atoms. The number of rotatable bonds is 3. The van der Waals surface area contributed by atoms with E-state index in [0.29, 0.717) is 35.6 Å². The molecule has 1 aromatic carbocycles. The summed E-state index contributed by atoms with van der Waals surface area (Å²) >= 11 is 1.52. The van der Waals surface area contributed by atoms with Crippen LogP contribution < -0.4 is 16.5 Å². The Morgan fingerprint density at radius 2 is 2.19 bits per heavy atom. The second kappa shape index (κ2) is 8.79. The molecule has 0 radical (unpaired) electrons. The molecule has 4 N–H and O–H groups in total. The van der Waals surface area contributed by atoms with Gasteiger partial charge in [-0.15, -0.1) is 0 Å². The number of anilines is 1. The van der Waals surface area contributed by atoms with Crippen molar-refractivity contribution in [1.29, 1.82) is 0 Å². The molecular formula is C17H22FN5O2S. The molecule has 0 aromatic heterocycles. The number of halogens is 1. The highest BCUT2D eigenvalue weighted by Gasteiger charge is 2.32. The molecule has 1 aromatic rings. The van der Waals surface area contributed by atoms with Gasteiger partial charge in [-0.1, -0.05) is 11.8 Å². The van der Waals surface area contributed by atoms with E-state index in [1.807, 2.05) is 20.0 Å². The minimum absolute atomic E-state index is 0.124. The quantitative estimate of drug-likeness (QED) is 0.696. The van der Waals surface area contributed by atoms with Crippen LogP contribution in [0.4, 0.5) is 10.1 Å². The molecule has 3 rings (SSSR count). The Morgan fingerprint density at radius 3 is 2.77 bits per heavy atom. The van der Waals surface area contributed by atoms with E-state index in [1.165, 1.54) is 17.8 Å². The summed E-state index contributed by atoms with van der Waals surface area (Å²) in [5, 5.41) is 7.02. The number of hydrogen-bond donors (Lipinski definition) is 3. The van der Waals surface area contributed by atoms with E-state index in [4.69, 9.17) is 5.73 Å². The van der Waals surface area contributed by atoms with Crippen molar-refractivity contribution in [2.24, 2.45) is 15.8 Å². The van der Waals surface area contributed by atoms with E-state index in [1.54, 1.807) is 6.07 Å². The molecule has 1 amide bonds. The van der Waals surface area contributed by atoms with Crippen molar-refractivity contribution in [3.63, 3.8) is 0 Å². The Labute approximate surface area is 155 Å². The van der Waals surface area contributed by atoms with Gasteiger partial charge in [-0.2, -0.15) is 5.10 Å². The number of nitrogens with zero attached hydrogens (tertiary/aromatic N) is 2. The molecule has 0 fully saturated rings. The van der Waals surface area contributed by atoms with Crippen LogP contribution in [-0.4, -0.2) is 35.9 Å². The molecule has 2 aliphatic heterocycles. The fraction of sp³-hybridized carbons (Fsp3) is 0.412. The van der Waals surface area contributed by atoms with Crippen molar-refractivity contribution < 1.29 is 14.0 Å². The Balaban J connectivity index is 0.000000228. The predicted octanol–water partition coefficient (Wildman–Crippen LogP) is 1.99. The maximum atomic E-state index is 13.9. The lowest BCUT2D eigenvalue weighted by Crippen LogP contribution is -2.29. The second-order valence-corrected chi connectivity index (χ2v) is 7.14. The van der Waals surface area contributed by atoms with Gasteiger partial charge in [0.05, 0.1) is 5.54 Å². The van der Waals surface area contributed by atoms with Crippen molar-refractivity contribution in [2.45, 2.75) is 31.7 Å². The molecule has 0 saturated heterocycles. The number of nitrogens with two attached hydrogens (primary N) is 1. The fourth-order valence-corrected chi connectivity index (χ4v) is 3.52. The van der Waals surface area contributed by atoms with Crippen LogP contribution in [0, 0.1) is 5.82 Å². The average Bonchev–Trinajstić information content (AvgIpc) is 2.63. The number of aldehydes is 1. The third-order valence-corrected chi connectivity index (χ3v) is 4.89. The van der Waals surface area contributed by atoms with Crippen molar-refractivity contribution >= 4 is 40.5 Å². The molecular weight excluding hydrogens is 357 g/mol. The minimum Gasteiger partial charge on any atom is -0.388 e. The molecule has 7 nitrogen and oxygen atoms in total. The molecule has 0 saturated carbocycles. The summed E-state index contributed by atoms with van der Waals surface area (Å²) in [7, 11) is 1.81. The topological polar surface area (TPSA) is 109 Å². The van der Waals surface area contributed by atoms with Gasteiger partial charge >= 0.3 is 0 Å². The Bertz CT molecular complexity index is 753. The van der Waals surface area contributed by atoms with Crippen molar-refractivity contribution in [3.8, 4) is 0 Å². The van der Waals surface area contributed by atoms with Crippen molar-refractivity contribution in [3.05, 3.63) is 29.6 Å². The first-order valence-electron chi connectivity index (χ1n) is 8.14. The summed E-state index contributed by atoms with van der Waals surface area (Å²) < 4.78 is 13.9. The molecule has 2 heterocycles. The first-order chi connectivity index (χ1) is 12.4. The van der Waals surface area contributed by atoms with Gasteiger partial charge in [-0.05, 0) is 31.5 Å². The van der Waals surface area contributed by atoms with Gasteiger partial charge in [0, 0.05) is 36.9 Å². The van der Waals surface area contributed by atoms with Crippen LogP contribution in [-0.2, 0) is 15.1 Å². The van der Waals surface area contributed by atoms with E-state index in [0.717, 1.165) is 17.9 Å². The molecule has 1 atom stereocenters. The maximum absolute atomic E-state index is 13.9. The molecule has 26 heavy (non-hydrogen) atoms. The van der Waals surface area contributed by atoms with E-state index >= 15 is 0 Å². The molecule has 0 aliphatic carbocycles. The van der Waals surface area contributed by atoms with Crippen molar-refractivity contribution in [2.75, 3.05) is 18.1 Å². The fourth-order valence-electron chi connectivity index (χ4n) is 2.55. The number of benzene rings is 1. The summed E-state index contributed by atoms with van der Waals surface area (Å²) in [4.78, 5) is 24.8. The zero-order chi connectivity index (χ0) is 19.2. The first-order valence-corrected chi connectivity index (χ1v) is 9.13. The van der Waals surface area contributed by atoms with Gasteiger partial charge in [0.25, 0.3) is 0 Å². The van der Waals surface area contributed by atoms with Crippen molar-refractivity contribution in [1.82, 2.24) is 5.43 Å². The molecule has 140 valence electrons. The second-order valence-electron chi connectivity index (χ2n) is 6.02. The average molecular weight is 379 g/mol. The number of amides is 1. The lowest BCUT2D eigenvalue weighted by molar-refractivity contribution is -0.121. The smallest absolute Gasteiger partial charge is 0.240 e. The van der Waals surface area contributed by atoms with Gasteiger partial charge in [-0.25, -0.2) is 9.82 Å². The summed E-state index contributed by atoms with van der Waals surface area (Å²) in [5.74, 6) is 0.519. The number of carbonyl (C=O) groups is 2. The largest absolute Gasteiger partial charge is 0.388 e. The summed E-state index contributed by atoms with van der Waals surface area (Å²) in [6.45, 7) is 1.93. The summed E-state index contributed by atoms with van der Waals surface area (Å²) in [6, 6.07) is 4.99. The molecule has 2 aliphatic rings. The predicted molar refractivity (Wildman–Crippen MR) is 103 cm³/mol. The van der Waals surface area contributed by atoms with Crippen LogP contribution in [0.1, 0.15) is 31.7 Å². The van der Waals surface area contributed by atoms with Crippen LogP contribution >= 0.6 is 11.8 Å². The molecule has 0 bridgehead atoms.